The first-order valence-electron chi connectivity index (χ1n) is 9.67. The summed E-state index contributed by atoms with van der Waals surface area (Å²) < 4.78 is 5.28. The Bertz CT molecular complexity index is 1270. The average Bonchev–Trinajstić information content (AvgIpc) is 2.79. The molecule has 0 bridgehead atoms. The minimum absolute atomic E-state index is 0.138. The van der Waals surface area contributed by atoms with E-state index in [2.05, 4.69) is 9.97 Å². The molecular weight excluding hydrogens is 414 g/mol. The summed E-state index contributed by atoms with van der Waals surface area (Å²) in [5, 5.41) is 1.38. The van der Waals surface area contributed by atoms with Crippen LogP contribution >= 0.6 is 11.6 Å². The van der Waals surface area contributed by atoms with Crippen molar-refractivity contribution < 1.29 is 9.53 Å². The van der Waals surface area contributed by atoms with Crippen molar-refractivity contribution in [3.8, 4) is 5.75 Å². The van der Waals surface area contributed by atoms with Gasteiger partial charge < -0.3 is 14.6 Å². The maximum atomic E-state index is 13.3. The Kier molecular flexibility index (Phi) is 6.00. The van der Waals surface area contributed by atoms with Gasteiger partial charge in [0.1, 0.15) is 5.75 Å². The molecule has 4 aromatic rings. The Hall–Kier alpha value is -3.64. The molecule has 0 saturated carbocycles. The summed E-state index contributed by atoms with van der Waals surface area (Å²) in [4.78, 5) is 34.6. The first-order chi connectivity index (χ1) is 15.0. The number of carbonyl (C=O) groups is 1. The van der Waals surface area contributed by atoms with E-state index < -0.39 is 0 Å². The zero-order valence-corrected chi connectivity index (χ0v) is 17.6. The zero-order chi connectivity index (χ0) is 21.8. The Morgan fingerprint density at radius 2 is 1.90 bits per heavy atom. The summed E-state index contributed by atoms with van der Waals surface area (Å²) in [5.74, 6) is 0.487. The van der Waals surface area contributed by atoms with Crippen molar-refractivity contribution in [3.05, 3.63) is 105 Å². The average molecular weight is 434 g/mol. The molecule has 0 aliphatic carbocycles. The lowest BCUT2D eigenvalue weighted by atomic mass is 10.1. The molecule has 2 aromatic heterocycles. The fourth-order valence-corrected chi connectivity index (χ4v) is 3.49. The van der Waals surface area contributed by atoms with Crippen LogP contribution in [0.4, 0.5) is 0 Å². The lowest BCUT2D eigenvalue weighted by Gasteiger charge is -2.23. The summed E-state index contributed by atoms with van der Waals surface area (Å²) in [5.41, 5.74) is 2.30. The number of carbonyl (C=O) groups excluding carboxylic acids is 1. The predicted molar refractivity (Wildman–Crippen MR) is 120 cm³/mol. The molecule has 2 heterocycles. The fraction of sp³-hybridized carbons (Fsp3) is 0.125. The second-order valence-corrected chi connectivity index (χ2v) is 7.54. The van der Waals surface area contributed by atoms with E-state index >= 15 is 0 Å². The number of ether oxygens (including phenoxy) is 1. The van der Waals surface area contributed by atoms with Crippen molar-refractivity contribution in [2.75, 3.05) is 7.11 Å². The van der Waals surface area contributed by atoms with Gasteiger partial charge >= 0.3 is 0 Å². The number of fused-ring (bicyclic) bond motifs is 1. The number of nitrogens with one attached hydrogen (secondary N) is 1. The molecule has 31 heavy (non-hydrogen) atoms. The molecule has 4 rings (SSSR count). The highest BCUT2D eigenvalue weighted by Gasteiger charge is 2.19. The van der Waals surface area contributed by atoms with Gasteiger partial charge in [-0.2, -0.15) is 0 Å². The van der Waals surface area contributed by atoms with Crippen LogP contribution in [-0.2, 0) is 13.1 Å². The lowest BCUT2D eigenvalue weighted by Crippen LogP contribution is -2.32. The van der Waals surface area contributed by atoms with E-state index in [9.17, 15) is 9.59 Å². The van der Waals surface area contributed by atoms with Crippen LogP contribution < -0.4 is 10.3 Å². The molecule has 0 aliphatic heterocycles. The molecule has 0 fully saturated rings. The third-order valence-corrected chi connectivity index (χ3v) is 5.22. The summed E-state index contributed by atoms with van der Waals surface area (Å²) in [7, 11) is 1.59. The lowest BCUT2D eigenvalue weighted by molar-refractivity contribution is 0.0729. The van der Waals surface area contributed by atoms with Crippen LogP contribution in [0.5, 0.6) is 5.75 Å². The molecule has 0 unspecified atom stereocenters. The van der Waals surface area contributed by atoms with Crippen molar-refractivity contribution in [1.29, 1.82) is 0 Å². The first-order valence-corrected chi connectivity index (χ1v) is 10.0. The van der Waals surface area contributed by atoms with E-state index in [-0.39, 0.29) is 18.0 Å². The quantitative estimate of drug-likeness (QED) is 0.488. The summed E-state index contributed by atoms with van der Waals surface area (Å²) in [6, 6.07) is 17.6. The van der Waals surface area contributed by atoms with Gasteiger partial charge in [0.25, 0.3) is 11.5 Å². The van der Waals surface area contributed by atoms with E-state index in [1.807, 2.05) is 18.2 Å². The number of amides is 1. The number of hydrogen-bond donors (Lipinski definition) is 1. The third kappa shape index (κ3) is 4.75. The van der Waals surface area contributed by atoms with Gasteiger partial charge in [0.05, 0.1) is 13.7 Å². The second kappa shape index (κ2) is 9.02. The summed E-state index contributed by atoms with van der Waals surface area (Å²) in [6.07, 6.45) is 3.38. The highest BCUT2D eigenvalue weighted by molar-refractivity contribution is 6.30. The van der Waals surface area contributed by atoms with Crippen LogP contribution in [0.25, 0.3) is 10.9 Å². The molecular formula is C24H20ClN3O3. The molecule has 156 valence electrons. The largest absolute Gasteiger partial charge is 0.497 e. The number of hydrogen-bond acceptors (Lipinski definition) is 4. The number of H-pyrrole nitrogens is 1. The minimum atomic E-state index is -0.238. The molecule has 6 nitrogen and oxygen atoms in total. The van der Waals surface area contributed by atoms with E-state index in [4.69, 9.17) is 16.3 Å². The Balaban J connectivity index is 1.71. The van der Waals surface area contributed by atoms with Crippen LogP contribution in [-0.4, -0.2) is 27.9 Å². The number of methoxy groups -OCH3 is 1. The zero-order valence-electron chi connectivity index (χ0n) is 16.8. The molecule has 2 aromatic carbocycles. The second-order valence-electron chi connectivity index (χ2n) is 7.11. The van der Waals surface area contributed by atoms with Crippen LogP contribution in [0.15, 0.2) is 77.9 Å². The van der Waals surface area contributed by atoms with Crippen LogP contribution in [0, 0.1) is 0 Å². The molecule has 1 amide bonds. The highest BCUT2D eigenvalue weighted by Crippen LogP contribution is 2.20. The van der Waals surface area contributed by atoms with Crippen LogP contribution in [0.1, 0.15) is 21.5 Å². The topological polar surface area (TPSA) is 75.3 Å². The molecule has 1 N–H and O–H groups in total. The number of rotatable bonds is 6. The predicted octanol–water partition coefficient (Wildman–Crippen LogP) is 4.43. The van der Waals surface area contributed by atoms with Gasteiger partial charge in [0.15, 0.2) is 0 Å². The summed E-state index contributed by atoms with van der Waals surface area (Å²) >= 11 is 5.97. The van der Waals surface area contributed by atoms with Gasteiger partial charge in [-0.15, -0.1) is 0 Å². The van der Waals surface area contributed by atoms with Crippen molar-refractivity contribution in [3.63, 3.8) is 0 Å². The first kappa shape index (κ1) is 20.6. The van der Waals surface area contributed by atoms with E-state index in [0.717, 1.165) is 10.9 Å². The van der Waals surface area contributed by atoms with Crippen molar-refractivity contribution in [2.24, 2.45) is 0 Å². The standard InChI is InChI=1S/C24H20ClN3O3/c1-31-21-8-9-22-18(12-21)11-19(23(29)27-22)15-28(14-16-3-2-10-26-13-16)24(30)17-4-6-20(25)7-5-17/h2-13H,14-15H2,1H3,(H,27,29). The van der Waals surface area contributed by atoms with Crippen molar-refractivity contribution >= 4 is 28.4 Å². The number of benzene rings is 2. The normalized spacial score (nSPS) is 10.8. The monoisotopic (exact) mass is 433 g/mol. The van der Waals surface area contributed by atoms with E-state index in [0.29, 0.717) is 34.0 Å². The van der Waals surface area contributed by atoms with Gasteiger partial charge in [0, 0.05) is 46.0 Å². The molecule has 0 saturated heterocycles. The van der Waals surface area contributed by atoms with Gasteiger partial charge in [-0.05, 0) is 60.2 Å². The van der Waals surface area contributed by atoms with E-state index in [1.165, 1.54) is 0 Å². The van der Waals surface area contributed by atoms with Gasteiger partial charge in [-0.3, -0.25) is 14.6 Å². The fourth-order valence-electron chi connectivity index (χ4n) is 3.37. The maximum absolute atomic E-state index is 13.3. The Morgan fingerprint density at radius 3 is 2.61 bits per heavy atom. The molecule has 7 heteroatoms. The number of nitrogens with zero attached hydrogens (tertiary/aromatic N) is 2. The molecule has 0 radical (unpaired) electrons. The Labute approximate surface area is 184 Å². The van der Waals surface area contributed by atoms with Gasteiger partial charge in [-0.1, -0.05) is 17.7 Å². The summed E-state index contributed by atoms with van der Waals surface area (Å²) in [6.45, 7) is 0.448. The number of aromatic amines is 1. The number of pyridine rings is 2. The smallest absolute Gasteiger partial charge is 0.254 e. The van der Waals surface area contributed by atoms with E-state index in [1.54, 1.807) is 66.9 Å². The van der Waals surface area contributed by atoms with Crippen LogP contribution in [0.3, 0.4) is 0 Å². The van der Waals surface area contributed by atoms with Crippen molar-refractivity contribution in [1.82, 2.24) is 14.9 Å². The van der Waals surface area contributed by atoms with Crippen LogP contribution in [0.2, 0.25) is 5.02 Å². The Morgan fingerprint density at radius 1 is 1.10 bits per heavy atom. The van der Waals surface area contributed by atoms with Gasteiger partial charge in [0.2, 0.25) is 0 Å². The molecule has 0 aliphatic rings. The number of halogens is 1. The SMILES string of the molecule is COc1ccc2[nH]c(=O)c(CN(Cc3cccnc3)C(=O)c3ccc(Cl)cc3)cc2c1. The number of aromatic nitrogens is 2. The van der Waals surface area contributed by atoms with Gasteiger partial charge in [-0.25, -0.2) is 0 Å². The maximum Gasteiger partial charge on any atom is 0.254 e. The molecule has 0 spiro atoms. The van der Waals surface area contributed by atoms with Crippen molar-refractivity contribution in [2.45, 2.75) is 13.1 Å². The highest BCUT2D eigenvalue weighted by atomic mass is 35.5. The minimum Gasteiger partial charge on any atom is -0.497 e. The molecule has 0 atom stereocenters. The third-order valence-electron chi connectivity index (χ3n) is 4.96.